The van der Waals surface area contributed by atoms with Crippen LogP contribution >= 0.6 is 0 Å². The Kier molecular flexibility index (Phi) is 7.25. The minimum Gasteiger partial charge on any atom is -0.491 e. The van der Waals surface area contributed by atoms with Gasteiger partial charge in [0.25, 0.3) is 5.91 Å². The van der Waals surface area contributed by atoms with E-state index in [1.54, 1.807) is 48.5 Å². The molecule has 1 fully saturated rings. The molecule has 1 saturated heterocycles. The van der Waals surface area contributed by atoms with Crippen molar-refractivity contribution in [1.82, 2.24) is 0 Å². The first-order chi connectivity index (χ1) is 14.0. The van der Waals surface area contributed by atoms with Crippen LogP contribution in [0.15, 0.2) is 48.5 Å². The number of amides is 2. The largest absolute Gasteiger partial charge is 0.491 e. The quantitative estimate of drug-likeness (QED) is 0.690. The molecule has 6 heteroatoms. The van der Waals surface area contributed by atoms with Crippen LogP contribution in [0.25, 0.3) is 0 Å². The molecule has 6 nitrogen and oxygen atoms in total. The SMILES string of the molecule is CC(C)CC(=O)Nc1ccc(NC(=O)c2ccc(OC[C@@H]3CCCO3)cc2)cc1. The summed E-state index contributed by atoms with van der Waals surface area (Å²) in [4.78, 5) is 24.3. The fourth-order valence-electron chi connectivity index (χ4n) is 3.09. The highest BCUT2D eigenvalue weighted by Gasteiger charge is 2.16. The lowest BCUT2D eigenvalue weighted by atomic mass is 10.1. The van der Waals surface area contributed by atoms with Gasteiger partial charge in [0.1, 0.15) is 12.4 Å². The Morgan fingerprint density at radius 2 is 1.69 bits per heavy atom. The lowest BCUT2D eigenvalue weighted by molar-refractivity contribution is -0.116. The zero-order chi connectivity index (χ0) is 20.6. The highest BCUT2D eigenvalue weighted by Crippen LogP contribution is 2.18. The van der Waals surface area contributed by atoms with Gasteiger partial charge in [0.15, 0.2) is 0 Å². The Balaban J connectivity index is 1.49. The Bertz CT molecular complexity index is 810. The smallest absolute Gasteiger partial charge is 0.255 e. The minimum absolute atomic E-state index is 0.0152. The lowest BCUT2D eigenvalue weighted by Gasteiger charge is -2.12. The zero-order valence-electron chi connectivity index (χ0n) is 16.9. The number of carbonyl (C=O) groups excluding carboxylic acids is 2. The summed E-state index contributed by atoms with van der Waals surface area (Å²) in [6.45, 7) is 5.34. The van der Waals surface area contributed by atoms with Crippen molar-refractivity contribution in [2.75, 3.05) is 23.8 Å². The van der Waals surface area contributed by atoms with Crippen LogP contribution in [0.4, 0.5) is 11.4 Å². The number of rotatable bonds is 8. The first kappa shape index (κ1) is 20.9. The Labute approximate surface area is 171 Å². The van der Waals surface area contributed by atoms with Gasteiger partial charge in [-0.15, -0.1) is 0 Å². The molecule has 3 rings (SSSR count). The number of hydrogen-bond donors (Lipinski definition) is 2. The first-order valence-electron chi connectivity index (χ1n) is 10.1. The molecule has 0 aliphatic carbocycles. The molecule has 0 spiro atoms. The van der Waals surface area contributed by atoms with Crippen LogP contribution in [-0.2, 0) is 9.53 Å². The van der Waals surface area contributed by atoms with E-state index in [1.165, 1.54) is 0 Å². The number of nitrogens with one attached hydrogen (secondary N) is 2. The fraction of sp³-hybridized carbons (Fsp3) is 0.391. The van der Waals surface area contributed by atoms with Crippen molar-refractivity contribution in [3.8, 4) is 5.75 Å². The van der Waals surface area contributed by atoms with Crippen LogP contribution in [-0.4, -0.2) is 31.1 Å². The second-order valence-corrected chi connectivity index (χ2v) is 7.65. The van der Waals surface area contributed by atoms with Gasteiger partial charge in [0.2, 0.25) is 5.91 Å². The third kappa shape index (κ3) is 6.61. The molecule has 154 valence electrons. The van der Waals surface area contributed by atoms with E-state index in [9.17, 15) is 9.59 Å². The van der Waals surface area contributed by atoms with Gasteiger partial charge in [-0.3, -0.25) is 9.59 Å². The standard InChI is InChI=1S/C23H28N2O4/c1-16(2)14-22(26)24-18-7-9-19(10-8-18)25-23(27)17-5-11-20(12-6-17)29-15-21-4-3-13-28-21/h5-12,16,21H,3-4,13-15H2,1-2H3,(H,24,26)(H,25,27)/t21-/m0/s1. The Morgan fingerprint density at radius 3 is 2.28 bits per heavy atom. The van der Waals surface area contributed by atoms with Gasteiger partial charge in [-0.2, -0.15) is 0 Å². The normalized spacial score (nSPS) is 15.9. The van der Waals surface area contributed by atoms with E-state index in [0.29, 0.717) is 35.9 Å². The van der Waals surface area contributed by atoms with E-state index < -0.39 is 0 Å². The third-order valence-corrected chi connectivity index (χ3v) is 4.60. The molecule has 1 heterocycles. The molecule has 0 aromatic heterocycles. The van der Waals surface area contributed by atoms with E-state index in [2.05, 4.69) is 10.6 Å². The van der Waals surface area contributed by atoms with E-state index in [4.69, 9.17) is 9.47 Å². The average molecular weight is 396 g/mol. The van der Waals surface area contributed by atoms with Crippen LogP contribution in [0, 0.1) is 5.92 Å². The van der Waals surface area contributed by atoms with Crippen molar-refractivity contribution < 1.29 is 19.1 Å². The van der Waals surface area contributed by atoms with Crippen LogP contribution in [0.1, 0.15) is 43.5 Å². The zero-order valence-corrected chi connectivity index (χ0v) is 16.9. The highest BCUT2D eigenvalue weighted by molar-refractivity contribution is 6.04. The average Bonchev–Trinajstić information content (AvgIpc) is 3.21. The van der Waals surface area contributed by atoms with E-state index in [1.807, 2.05) is 13.8 Å². The van der Waals surface area contributed by atoms with Gasteiger partial charge in [-0.1, -0.05) is 13.8 Å². The molecular formula is C23H28N2O4. The van der Waals surface area contributed by atoms with Gasteiger partial charge in [-0.25, -0.2) is 0 Å². The number of ether oxygens (including phenoxy) is 2. The molecule has 0 saturated carbocycles. The van der Waals surface area contributed by atoms with Crippen molar-refractivity contribution in [2.24, 2.45) is 5.92 Å². The van der Waals surface area contributed by atoms with Crippen molar-refractivity contribution in [3.05, 3.63) is 54.1 Å². The number of carbonyl (C=O) groups is 2. The van der Waals surface area contributed by atoms with Crippen LogP contribution in [0.5, 0.6) is 5.75 Å². The molecular weight excluding hydrogens is 368 g/mol. The third-order valence-electron chi connectivity index (χ3n) is 4.60. The summed E-state index contributed by atoms with van der Waals surface area (Å²) in [5.41, 5.74) is 1.92. The maximum absolute atomic E-state index is 12.4. The monoisotopic (exact) mass is 396 g/mol. The predicted octanol–water partition coefficient (Wildman–Crippen LogP) is 4.48. The van der Waals surface area contributed by atoms with Crippen LogP contribution in [0.2, 0.25) is 0 Å². The fourth-order valence-corrected chi connectivity index (χ4v) is 3.09. The van der Waals surface area contributed by atoms with Gasteiger partial charge in [0, 0.05) is 30.0 Å². The molecule has 0 unspecified atom stereocenters. The van der Waals surface area contributed by atoms with Crippen LogP contribution < -0.4 is 15.4 Å². The van der Waals surface area contributed by atoms with Gasteiger partial charge in [0.05, 0.1) is 6.10 Å². The van der Waals surface area contributed by atoms with Crippen molar-refractivity contribution in [3.63, 3.8) is 0 Å². The summed E-state index contributed by atoms with van der Waals surface area (Å²) >= 11 is 0. The van der Waals surface area contributed by atoms with Crippen LogP contribution in [0.3, 0.4) is 0 Å². The Hall–Kier alpha value is -2.86. The first-order valence-corrected chi connectivity index (χ1v) is 10.1. The summed E-state index contributed by atoms with van der Waals surface area (Å²) in [6, 6.07) is 14.1. The molecule has 1 aliphatic rings. The summed E-state index contributed by atoms with van der Waals surface area (Å²) in [5, 5.41) is 5.70. The predicted molar refractivity (Wildman–Crippen MR) is 113 cm³/mol. The second-order valence-electron chi connectivity index (χ2n) is 7.65. The molecule has 1 aliphatic heterocycles. The second kappa shape index (κ2) is 10.1. The highest BCUT2D eigenvalue weighted by atomic mass is 16.5. The molecule has 0 bridgehead atoms. The summed E-state index contributed by atoms with van der Waals surface area (Å²) < 4.78 is 11.3. The molecule has 2 aromatic carbocycles. The Morgan fingerprint density at radius 1 is 1.03 bits per heavy atom. The van der Waals surface area contributed by atoms with Gasteiger partial charge >= 0.3 is 0 Å². The van der Waals surface area contributed by atoms with Crippen molar-refractivity contribution in [2.45, 2.75) is 39.2 Å². The van der Waals surface area contributed by atoms with Gasteiger partial charge in [-0.05, 0) is 67.3 Å². The van der Waals surface area contributed by atoms with Gasteiger partial charge < -0.3 is 20.1 Å². The molecule has 2 N–H and O–H groups in total. The molecule has 0 radical (unpaired) electrons. The minimum atomic E-state index is -0.202. The topological polar surface area (TPSA) is 76.7 Å². The summed E-state index contributed by atoms with van der Waals surface area (Å²) in [7, 11) is 0. The summed E-state index contributed by atoms with van der Waals surface area (Å²) in [6.07, 6.45) is 2.75. The summed E-state index contributed by atoms with van der Waals surface area (Å²) in [5.74, 6) is 0.811. The molecule has 2 aromatic rings. The lowest BCUT2D eigenvalue weighted by Crippen LogP contribution is -2.16. The number of hydrogen-bond acceptors (Lipinski definition) is 4. The van der Waals surface area contributed by atoms with Crippen molar-refractivity contribution in [1.29, 1.82) is 0 Å². The maximum atomic E-state index is 12.4. The molecule has 2 amide bonds. The van der Waals surface area contributed by atoms with E-state index in [0.717, 1.165) is 25.2 Å². The van der Waals surface area contributed by atoms with E-state index in [-0.39, 0.29) is 17.9 Å². The van der Waals surface area contributed by atoms with E-state index >= 15 is 0 Å². The van der Waals surface area contributed by atoms with Crippen molar-refractivity contribution >= 4 is 23.2 Å². The maximum Gasteiger partial charge on any atom is 0.255 e. The number of anilines is 2. The molecule has 29 heavy (non-hydrogen) atoms. The molecule has 1 atom stereocenters. The number of benzene rings is 2.